The van der Waals surface area contributed by atoms with Gasteiger partial charge in [-0.15, -0.1) is 0 Å². The highest BCUT2D eigenvalue weighted by Gasteiger charge is 2.21. The highest BCUT2D eigenvalue weighted by molar-refractivity contribution is 5.92. The second-order valence-corrected chi connectivity index (χ2v) is 4.80. The van der Waals surface area contributed by atoms with Crippen LogP contribution in [0.4, 0.5) is 0 Å². The highest BCUT2D eigenvalue weighted by Crippen LogP contribution is 2.16. The van der Waals surface area contributed by atoms with Crippen molar-refractivity contribution in [1.82, 2.24) is 10.2 Å². The summed E-state index contributed by atoms with van der Waals surface area (Å²) in [4.78, 5) is 24.0. The summed E-state index contributed by atoms with van der Waals surface area (Å²) in [7, 11) is 0. The summed E-state index contributed by atoms with van der Waals surface area (Å²) in [6.45, 7) is 2.14. The van der Waals surface area contributed by atoms with Crippen LogP contribution in [0.5, 0.6) is 0 Å². The maximum atomic E-state index is 11.1. The molecule has 1 aliphatic carbocycles. The summed E-state index contributed by atoms with van der Waals surface area (Å²) in [5, 5.41) is 3.42. The van der Waals surface area contributed by atoms with E-state index < -0.39 is 0 Å². The Hall–Kier alpha value is -1.36. The van der Waals surface area contributed by atoms with Crippen molar-refractivity contribution in [1.29, 1.82) is 0 Å². The molecular formula is C12H19N3O2. The lowest BCUT2D eigenvalue weighted by Crippen LogP contribution is -2.44. The second-order valence-electron chi connectivity index (χ2n) is 4.80. The van der Waals surface area contributed by atoms with Crippen LogP contribution in [-0.4, -0.2) is 42.3 Å². The van der Waals surface area contributed by atoms with Gasteiger partial charge in [0.25, 0.3) is 0 Å². The molecule has 0 aromatic carbocycles. The minimum atomic E-state index is -0.263. The SMILES string of the molecule is NC(=O)CN1CCC(NC2=CC(=O)CC2)CC1. The van der Waals surface area contributed by atoms with E-state index in [9.17, 15) is 9.59 Å². The smallest absolute Gasteiger partial charge is 0.231 e. The molecule has 17 heavy (non-hydrogen) atoms. The zero-order chi connectivity index (χ0) is 12.3. The van der Waals surface area contributed by atoms with E-state index in [1.165, 1.54) is 0 Å². The molecule has 1 heterocycles. The third-order valence-corrected chi connectivity index (χ3v) is 3.33. The number of allylic oxidation sites excluding steroid dienone is 2. The van der Waals surface area contributed by atoms with Crippen LogP contribution < -0.4 is 11.1 Å². The van der Waals surface area contributed by atoms with Gasteiger partial charge in [-0.25, -0.2) is 0 Å². The molecule has 0 aromatic rings. The minimum absolute atomic E-state index is 0.221. The molecule has 2 aliphatic rings. The Kier molecular flexibility index (Phi) is 3.78. The number of primary amides is 1. The first-order valence-corrected chi connectivity index (χ1v) is 6.14. The number of rotatable bonds is 4. The van der Waals surface area contributed by atoms with Crippen LogP contribution in [0, 0.1) is 0 Å². The molecule has 0 aromatic heterocycles. The van der Waals surface area contributed by atoms with E-state index in [0.29, 0.717) is 19.0 Å². The first-order chi connectivity index (χ1) is 8.13. The maximum Gasteiger partial charge on any atom is 0.231 e. The largest absolute Gasteiger partial charge is 0.385 e. The van der Waals surface area contributed by atoms with Crippen LogP contribution in [0.3, 0.4) is 0 Å². The molecule has 1 aliphatic heterocycles. The molecule has 1 amide bonds. The van der Waals surface area contributed by atoms with Gasteiger partial charge in [0.05, 0.1) is 6.54 Å². The molecule has 0 spiro atoms. The second kappa shape index (κ2) is 5.31. The standard InChI is InChI=1S/C12H19N3O2/c13-12(17)8-15-5-3-9(4-6-15)14-10-1-2-11(16)7-10/h7,9,14H,1-6,8H2,(H2,13,17). The summed E-state index contributed by atoms with van der Waals surface area (Å²) in [5.41, 5.74) is 6.23. The van der Waals surface area contributed by atoms with Crippen LogP contribution in [0.2, 0.25) is 0 Å². The van der Waals surface area contributed by atoms with E-state index in [4.69, 9.17) is 5.73 Å². The van der Waals surface area contributed by atoms with Gasteiger partial charge in [0.2, 0.25) is 5.91 Å². The number of ketones is 1. The van der Waals surface area contributed by atoms with Crippen molar-refractivity contribution >= 4 is 11.7 Å². The van der Waals surface area contributed by atoms with Crippen molar-refractivity contribution in [3.63, 3.8) is 0 Å². The normalized spacial score (nSPS) is 22.6. The number of nitrogens with one attached hydrogen (secondary N) is 1. The molecule has 94 valence electrons. The topological polar surface area (TPSA) is 75.4 Å². The van der Waals surface area contributed by atoms with Gasteiger partial charge in [-0.3, -0.25) is 14.5 Å². The Labute approximate surface area is 101 Å². The average Bonchev–Trinajstić information content (AvgIpc) is 2.66. The number of carbonyl (C=O) groups is 2. The molecule has 5 nitrogen and oxygen atoms in total. The van der Waals surface area contributed by atoms with Crippen molar-refractivity contribution in [3.8, 4) is 0 Å². The maximum absolute atomic E-state index is 11.1. The predicted molar refractivity (Wildman–Crippen MR) is 64.1 cm³/mol. The molecule has 3 N–H and O–H groups in total. The zero-order valence-corrected chi connectivity index (χ0v) is 9.95. The zero-order valence-electron chi connectivity index (χ0n) is 9.95. The Morgan fingerprint density at radius 2 is 2.12 bits per heavy atom. The van der Waals surface area contributed by atoms with Gasteiger partial charge in [-0.2, -0.15) is 0 Å². The number of hydrogen-bond donors (Lipinski definition) is 2. The molecule has 5 heteroatoms. The average molecular weight is 237 g/mol. The van der Waals surface area contributed by atoms with E-state index in [1.807, 2.05) is 0 Å². The third-order valence-electron chi connectivity index (χ3n) is 3.33. The molecular weight excluding hydrogens is 218 g/mol. The number of nitrogens with two attached hydrogens (primary N) is 1. The first-order valence-electron chi connectivity index (χ1n) is 6.14. The summed E-state index contributed by atoms with van der Waals surface area (Å²) >= 11 is 0. The predicted octanol–water partition coefficient (Wildman–Crippen LogP) is -0.228. The van der Waals surface area contributed by atoms with Crippen molar-refractivity contribution < 1.29 is 9.59 Å². The Bertz CT molecular complexity index is 344. The molecule has 0 radical (unpaired) electrons. The van der Waals surface area contributed by atoms with E-state index in [1.54, 1.807) is 6.08 Å². The summed E-state index contributed by atoms with van der Waals surface area (Å²) in [6.07, 6.45) is 5.20. The van der Waals surface area contributed by atoms with Crippen molar-refractivity contribution in [3.05, 3.63) is 11.8 Å². The van der Waals surface area contributed by atoms with Crippen LogP contribution in [0.25, 0.3) is 0 Å². The van der Waals surface area contributed by atoms with Gasteiger partial charge < -0.3 is 11.1 Å². The molecule has 1 fully saturated rings. The fraction of sp³-hybridized carbons (Fsp3) is 0.667. The van der Waals surface area contributed by atoms with E-state index in [2.05, 4.69) is 10.2 Å². The first kappa shape index (κ1) is 12.1. The molecule has 0 saturated carbocycles. The molecule has 2 rings (SSSR count). The number of carbonyl (C=O) groups excluding carboxylic acids is 2. The Morgan fingerprint density at radius 1 is 1.41 bits per heavy atom. The number of amides is 1. The quantitative estimate of drug-likeness (QED) is 0.708. The lowest BCUT2D eigenvalue weighted by molar-refractivity contribution is -0.119. The van der Waals surface area contributed by atoms with Gasteiger partial charge >= 0.3 is 0 Å². The van der Waals surface area contributed by atoms with E-state index >= 15 is 0 Å². The number of nitrogens with zero attached hydrogens (tertiary/aromatic N) is 1. The summed E-state index contributed by atoms with van der Waals surface area (Å²) in [5.74, 6) is -0.0424. The number of hydrogen-bond acceptors (Lipinski definition) is 4. The highest BCUT2D eigenvalue weighted by atomic mass is 16.1. The van der Waals surface area contributed by atoms with E-state index in [-0.39, 0.29) is 11.7 Å². The van der Waals surface area contributed by atoms with Crippen LogP contribution >= 0.6 is 0 Å². The monoisotopic (exact) mass is 237 g/mol. The number of likely N-dealkylation sites (tertiary alicyclic amines) is 1. The van der Waals surface area contributed by atoms with Gasteiger partial charge in [-0.05, 0) is 19.3 Å². The lowest BCUT2D eigenvalue weighted by Gasteiger charge is -2.32. The van der Waals surface area contributed by atoms with Gasteiger partial charge in [0, 0.05) is 37.3 Å². The van der Waals surface area contributed by atoms with Crippen LogP contribution in [-0.2, 0) is 9.59 Å². The van der Waals surface area contributed by atoms with Crippen LogP contribution in [0.15, 0.2) is 11.8 Å². The minimum Gasteiger partial charge on any atom is -0.385 e. The van der Waals surface area contributed by atoms with Gasteiger partial charge in [-0.1, -0.05) is 0 Å². The summed E-state index contributed by atoms with van der Waals surface area (Å²) < 4.78 is 0. The Balaban J connectivity index is 1.74. The Morgan fingerprint density at radius 3 is 2.65 bits per heavy atom. The van der Waals surface area contributed by atoms with Crippen molar-refractivity contribution in [2.75, 3.05) is 19.6 Å². The fourth-order valence-electron chi connectivity index (χ4n) is 2.43. The lowest BCUT2D eigenvalue weighted by atomic mass is 10.0. The van der Waals surface area contributed by atoms with Gasteiger partial charge in [0.15, 0.2) is 5.78 Å². The summed E-state index contributed by atoms with van der Waals surface area (Å²) in [6, 6.07) is 0.427. The molecule has 0 unspecified atom stereocenters. The van der Waals surface area contributed by atoms with Crippen LogP contribution in [0.1, 0.15) is 25.7 Å². The fourth-order valence-corrected chi connectivity index (χ4v) is 2.43. The molecule has 0 atom stereocenters. The van der Waals surface area contributed by atoms with Gasteiger partial charge in [0.1, 0.15) is 0 Å². The van der Waals surface area contributed by atoms with Crippen molar-refractivity contribution in [2.24, 2.45) is 5.73 Å². The molecule has 1 saturated heterocycles. The third kappa shape index (κ3) is 3.56. The van der Waals surface area contributed by atoms with E-state index in [0.717, 1.165) is 38.0 Å². The number of piperidine rings is 1. The van der Waals surface area contributed by atoms with Crippen molar-refractivity contribution in [2.45, 2.75) is 31.7 Å². The molecule has 0 bridgehead atoms.